The zero-order valence-electron chi connectivity index (χ0n) is 13.9. The molecule has 136 valence electrons. The molecule has 1 aliphatic heterocycles. The number of hydrogen-bond acceptors (Lipinski definition) is 3. The molecule has 0 N–H and O–H groups in total. The number of rotatable bonds is 3. The molecular weight excluding hydrogens is 349 g/mol. The van der Waals surface area contributed by atoms with Crippen molar-refractivity contribution in [3.63, 3.8) is 0 Å². The Morgan fingerprint density at radius 2 is 1.84 bits per heavy atom. The van der Waals surface area contributed by atoms with Crippen molar-refractivity contribution < 1.29 is 18.0 Å². The van der Waals surface area contributed by atoms with Crippen LogP contribution in [0.25, 0.3) is 0 Å². The van der Waals surface area contributed by atoms with Gasteiger partial charge >= 0.3 is 6.18 Å². The SMILES string of the molecule is O=C(C1CCCCC1)N1CCN=C1SCc1ccc(C(F)(F)F)cc1. The summed E-state index contributed by atoms with van der Waals surface area (Å²) < 4.78 is 37.8. The average Bonchev–Trinajstić information content (AvgIpc) is 3.08. The van der Waals surface area contributed by atoms with Gasteiger partial charge in [0.15, 0.2) is 5.17 Å². The number of benzene rings is 1. The number of carbonyl (C=O) groups excluding carboxylic acids is 1. The smallest absolute Gasteiger partial charge is 0.289 e. The van der Waals surface area contributed by atoms with Crippen molar-refractivity contribution in [2.75, 3.05) is 13.1 Å². The number of carbonyl (C=O) groups is 1. The summed E-state index contributed by atoms with van der Waals surface area (Å²) in [5.41, 5.74) is 0.145. The molecule has 3 rings (SSSR count). The Balaban J connectivity index is 1.57. The third kappa shape index (κ3) is 4.57. The maximum atomic E-state index is 12.7. The molecule has 0 saturated heterocycles. The van der Waals surface area contributed by atoms with Crippen LogP contribution in [0.2, 0.25) is 0 Å². The third-order valence-electron chi connectivity index (χ3n) is 4.67. The van der Waals surface area contributed by atoms with Crippen LogP contribution in [0.3, 0.4) is 0 Å². The van der Waals surface area contributed by atoms with Crippen LogP contribution in [0, 0.1) is 5.92 Å². The molecule has 25 heavy (non-hydrogen) atoms. The first-order valence-electron chi connectivity index (χ1n) is 8.60. The molecule has 1 heterocycles. The molecular formula is C18H21F3N2OS. The number of amidine groups is 1. The molecule has 1 fully saturated rings. The second kappa shape index (κ2) is 7.81. The molecule has 1 aliphatic carbocycles. The monoisotopic (exact) mass is 370 g/mol. The highest BCUT2D eigenvalue weighted by atomic mass is 32.2. The fraction of sp³-hybridized carbons (Fsp3) is 0.556. The van der Waals surface area contributed by atoms with Gasteiger partial charge in [-0.15, -0.1) is 0 Å². The quantitative estimate of drug-likeness (QED) is 0.771. The minimum Gasteiger partial charge on any atom is -0.289 e. The number of alkyl halides is 3. The zero-order valence-corrected chi connectivity index (χ0v) is 14.7. The van der Waals surface area contributed by atoms with Gasteiger partial charge in [0.25, 0.3) is 0 Å². The van der Waals surface area contributed by atoms with Crippen molar-refractivity contribution in [3.05, 3.63) is 35.4 Å². The average molecular weight is 370 g/mol. The molecule has 0 atom stereocenters. The van der Waals surface area contributed by atoms with Crippen LogP contribution in [0.1, 0.15) is 43.2 Å². The lowest BCUT2D eigenvalue weighted by Crippen LogP contribution is -2.38. The van der Waals surface area contributed by atoms with Crippen LogP contribution in [0.5, 0.6) is 0 Å². The maximum Gasteiger partial charge on any atom is 0.416 e. The van der Waals surface area contributed by atoms with Gasteiger partial charge < -0.3 is 0 Å². The first-order chi connectivity index (χ1) is 11.9. The predicted molar refractivity (Wildman–Crippen MR) is 93.3 cm³/mol. The van der Waals surface area contributed by atoms with Crippen LogP contribution < -0.4 is 0 Å². The second-order valence-corrected chi connectivity index (χ2v) is 7.41. The number of nitrogens with zero attached hydrogens (tertiary/aromatic N) is 2. The Labute approximate surface area is 149 Å². The second-order valence-electron chi connectivity index (χ2n) is 6.47. The Hall–Kier alpha value is -1.50. The summed E-state index contributed by atoms with van der Waals surface area (Å²) in [4.78, 5) is 18.9. The first kappa shape index (κ1) is 18.3. The standard InChI is InChI=1S/C18H21F3N2OS/c19-18(20,21)15-8-6-13(7-9-15)12-25-17-22-10-11-23(17)16(24)14-4-2-1-3-5-14/h6-9,14H,1-5,10-12H2. The summed E-state index contributed by atoms with van der Waals surface area (Å²) in [5, 5.41) is 0.704. The molecule has 0 bridgehead atoms. The number of hydrogen-bond donors (Lipinski definition) is 0. The normalized spacial score (nSPS) is 19.2. The van der Waals surface area contributed by atoms with Gasteiger partial charge in [0, 0.05) is 18.2 Å². The predicted octanol–water partition coefficient (Wildman–Crippen LogP) is 4.72. The Morgan fingerprint density at radius 3 is 2.48 bits per heavy atom. The minimum atomic E-state index is -4.32. The van der Waals surface area contributed by atoms with Crippen molar-refractivity contribution in [3.8, 4) is 0 Å². The Kier molecular flexibility index (Phi) is 5.71. The maximum absolute atomic E-state index is 12.7. The number of amides is 1. The summed E-state index contributed by atoms with van der Waals surface area (Å²) in [5.74, 6) is 0.769. The van der Waals surface area contributed by atoms with Gasteiger partial charge in [-0.25, -0.2) is 0 Å². The summed E-state index contributed by atoms with van der Waals surface area (Å²) in [6.07, 6.45) is 1.00. The van der Waals surface area contributed by atoms with Crippen molar-refractivity contribution in [1.82, 2.24) is 4.90 Å². The Morgan fingerprint density at radius 1 is 1.16 bits per heavy atom. The molecule has 0 unspecified atom stereocenters. The van der Waals surface area contributed by atoms with E-state index >= 15 is 0 Å². The highest BCUT2D eigenvalue weighted by Crippen LogP contribution is 2.31. The number of aliphatic imine (C=N–C) groups is 1. The van der Waals surface area contributed by atoms with E-state index in [-0.39, 0.29) is 11.8 Å². The van der Waals surface area contributed by atoms with Crippen LogP contribution in [-0.2, 0) is 16.7 Å². The lowest BCUT2D eigenvalue weighted by atomic mass is 9.88. The van der Waals surface area contributed by atoms with Gasteiger partial charge in [0.1, 0.15) is 0 Å². The van der Waals surface area contributed by atoms with Crippen LogP contribution in [0.4, 0.5) is 13.2 Å². The fourth-order valence-corrected chi connectivity index (χ4v) is 4.27. The zero-order chi connectivity index (χ0) is 17.9. The van der Waals surface area contributed by atoms with Gasteiger partial charge in [-0.05, 0) is 30.5 Å². The van der Waals surface area contributed by atoms with E-state index in [1.807, 2.05) is 0 Å². The van der Waals surface area contributed by atoms with Crippen molar-refractivity contribution in [2.45, 2.75) is 44.0 Å². The van der Waals surface area contributed by atoms with Crippen LogP contribution in [-0.4, -0.2) is 29.1 Å². The minimum absolute atomic E-state index is 0.101. The first-order valence-corrected chi connectivity index (χ1v) is 9.58. The lowest BCUT2D eigenvalue weighted by molar-refractivity contribution is -0.137. The molecule has 2 aliphatic rings. The van der Waals surface area contributed by atoms with Gasteiger partial charge in [-0.2, -0.15) is 13.2 Å². The highest BCUT2D eigenvalue weighted by molar-refractivity contribution is 8.13. The molecule has 1 aromatic rings. The molecule has 7 heteroatoms. The molecule has 1 amide bonds. The van der Waals surface area contributed by atoms with Crippen LogP contribution in [0.15, 0.2) is 29.3 Å². The van der Waals surface area contributed by atoms with E-state index in [4.69, 9.17) is 0 Å². The van der Waals surface area contributed by atoms with Crippen molar-refractivity contribution in [2.24, 2.45) is 10.9 Å². The molecule has 0 radical (unpaired) electrons. The summed E-state index contributed by atoms with van der Waals surface area (Å²) in [6.45, 7) is 1.22. The molecule has 1 aromatic carbocycles. The van der Waals surface area contributed by atoms with Gasteiger partial charge in [-0.3, -0.25) is 14.7 Å². The number of halogens is 3. The van der Waals surface area contributed by atoms with E-state index < -0.39 is 11.7 Å². The van der Waals surface area contributed by atoms with Gasteiger partial charge in [0.2, 0.25) is 5.91 Å². The summed E-state index contributed by atoms with van der Waals surface area (Å²) in [7, 11) is 0. The molecule has 0 aromatic heterocycles. The van der Waals surface area contributed by atoms with Crippen molar-refractivity contribution >= 4 is 22.8 Å². The summed E-state index contributed by atoms with van der Waals surface area (Å²) >= 11 is 1.42. The van der Waals surface area contributed by atoms with Gasteiger partial charge in [0.05, 0.1) is 12.1 Å². The number of thioether (sulfide) groups is 1. The molecule has 3 nitrogen and oxygen atoms in total. The molecule has 0 spiro atoms. The fourth-order valence-electron chi connectivity index (χ4n) is 3.26. The third-order valence-corrected chi connectivity index (χ3v) is 5.76. The van der Waals surface area contributed by atoms with E-state index in [1.54, 1.807) is 4.90 Å². The van der Waals surface area contributed by atoms with Crippen LogP contribution >= 0.6 is 11.8 Å². The van der Waals surface area contributed by atoms with Gasteiger partial charge in [-0.1, -0.05) is 43.2 Å². The Bertz CT molecular complexity index is 637. The van der Waals surface area contributed by atoms with E-state index in [2.05, 4.69) is 4.99 Å². The molecule has 1 saturated carbocycles. The van der Waals surface area contributed by atoms with E-state index in [0.717, 1.165) is 43.4 Å². The highest BCUT2D eigenvalue weighted by Gasteiger charge is 2.31. The van der Waals surface area contributed by atoms with Crippen molar-refractivity contribution in [1.29, 1.82) is 0 Å². The van der Waals surface area contributed by atoms with E-state index in [9.17, 15) is 18.0 Å². The summed E-state index contributed by atoms with van der Waals surface area (Å²) in [6, 6.07) is 5.16. The van der Waals surface area contributed by atoms with E-state index in [0.29, 0.717) is 24.0 Å². The van der Waals surface area contributed by atoms with E-state index in [1.165, 1.54) is 30.3 Å². The lowest BCUT2D eigenvalue weighted by Gasteiger charge is -2.26. The largest absolute Gasteiger partial charge is 0.416 e. The topological polar surface area (TPSA) is 32.7 Å².